The summed E-state index contributed by atoms with van der Waals surface area (Å²) in [6, 6.07) is 15.3. The maximum atomic E-state index is 5.55. The van der Waals surface area contributed by atoms with E-state index in [9.17, 15) is 0 Å². The lowest BCUT2D eigenvalue weighted by atomic mass is 10.0. The van der Waals surface area contributed by atoms with Crippen molar-refractivity contribution in [3.63, 3.8) is 0 Å². The molecule has 154 valence electrons. The molecule has 2 aromatic carbocycles. The number of rotatable bonds is 3. The summed E-state index contributed by atoms with van der Waals surface area (Å²) in [6.45, 7) is 10.5. The van der Waals surface area contributed by atoms with Crippen molar-refractivity contribution >= 4 is 17.5 Å². The number of hydrogen-bond acceptors (Lipinski definition) is 5. The monoisotopic (exact) mass is 400 g/mol. The molecule has 0 radical (unpaired) electrons. The van der Waals surface area contributed by atoms with Crippen LogP contribution in [-0.4, -0.2) is 42.8 Å². The summed E-state index contributed by atoms with van der Waals surface area (Å²) in [7, 11) is 0. The molecule has 0 atom stereocenters. The van der Waals surface area contributed by atoms with Gasteiger partial charge in [-0.3, -0.25) is 0 Å². The number of fused-ring (bicyclic) bond motifs is 1. The number of hydrogen-bond donors (Lipinski definition) is 0. The quantitative estimate of drug-likeness (QED) is 0.643. The third-order valence-corrected chi connectivity index (χ3v) is 6.20. The highest BCUT2D eigenvalue weighted by atomic mass is 16.5. The Morgan fingerprint density at radius 2 is 1.70 bits per heavy atom. The van der Waals surface area contributed by atoms with Crippen LogP contribution in [0.4, 0.5) is 17.5 Å². The van der Waals surface area contributed by atoms with E-state index in [2.05, 4.69) is 73.0 Å². The first-order valence-electron chi connectivity index (χ1n) is 10.8. The van der Waals surface area contributed by atoms with E-state index in [-0.39, 0.29) is 0 Å². The van der Waals surface area contributed by atoms with Gasteiger partial charge in [-0.1, -0.05) is 29.8 Å². The normalized spacial score (nSPS) is 16.1. The third kappa shape index (κ3) is 3.43. The molecule has 3 heterocycles. The summed E-state index contributed by atoms with van der Waals surface area (Å²) in [6.07, 6.45) is 0.953. The molecule has 5 heteroatoms. The van der Waals surface area contributed by atoms with Crippen LogP contribution < -0.4 is 9.80 Å². The Morgan fingerprint density at radius 3 is 2.47 bits per heavy atom. The molecule has 5 rings (SSSR count). The fourth-order valence-corrected chi connectivity index (χ4v) is 4.32. The minimum Gasteiger partial charge on any atom is -0.378 e. The molecule has 1 saturated heterocycles. The summed E-state index contributed by atoms with van der Waals surface area (Å²) in [5.41, 5.74) is 8.56. The van der Waals surface area contributed by atoms with Crippen LogP contribution in [0.25, 0.3) is 11.3 Å². The number of nitrogens with zero attached hydrogens (tertiary/aromatic N) is 4. The zero-order chi connectivity index (χ0) is 20.7. The Morgan fingerprint density at radius 1 is 0.867 bits per heavy atom. The van der Waals surface area contributed by atoms with Crippen LogP contribution in [0.3, 0.4) is 0 Å². The van der Waals surface area contributed by atoms with Crippen molar-refractivity contribution in [1.82, 2.24) is 9.97 Å². The Labute approximate surface area is 178 Å². The lowest BCUT2D eigenvalue weighted by Crippen LogP contribution is -2.37. The molecular weight excluding hydrogens is 372 g/mol. The first kappa shape index (κ1) is 19.1. The van der Waals surface area contributed by atoms with E-state index in [1.807, 2.05) is 0 Å². The van der Waals surface area contributed by atoms with Crippen LogP contribution in [0, 0.1) is 20.8 Å². The van der Waals surface area contributed by atoms with Gasteiger partial charge in [0.2, 0.25) is 5.95 Å². The zero-order valence-corrected chi connectivity index (χ0v) is 18.0. The average Bonchev–Trinajstić information content (AvgIpc) is 3.20. The second-order valence-corrected chi connectivity index (χ2v) is 8.31. The van der Waals surface area contributed by atoms with Crippen molar-refractivity contribution in [2.45, 2.75) is 27.2 Å². The molecule has 2 aliphatic rings. The van der Waals surface area contributed by atoms with Gasteiger partial charge in [0.05, 0.1) is 18.9 Å². The molecule has 30 heavy (non-hydrogen) atoms. The van der Waals surface area contributed by atoms with Gasteiger partial charge in [0.15, 0.2) is 0 Å². The summed E-state index contributed by atoms with van der Waals surface area (Å²) < 4.78 is 5.55. The Bertz CT molecular complexity index is 1090. The first-order chi connectivity index (χ1) is 14.6. The highest BCUT2D eigenvalue weighted by Gasteiger charge is 2.29. The van der Waals surface area contributed by atoms with Gasteiger partial charge in [-0.05, 0) is 56.5 Å². The SMILES string of the molecule is Cc1cccc(-c2nc(N3CCOCC3)nc3c2CCN3c2ccc(C)c(C)c2)c1. The molecule has 0 bridgehead atoms. The first-order valence-corrected chi connectivity index (χ1v) is 10.8. The summed E-state index contributed by atoms with van der Waals surface area (Å²) in [5.74, 6) is 1.86. The van der Waals surface area contributed by atoms with Crippen molar-refractivity contribution in [3.05, 3.63) is 64.7 Å². The molecule has 0 unspecified atom stereocenters. The van der Waals surface area contributed by atoms with Gasteiger partial charge in [-0.15, -0.1) is 0 Å². The molecule has 0 aliphatic carbocycles. The molecule has 2 aliphatic heterocycles. The molecule has 1 fully saturated rings. The van der Waals surface area contributed by atoms with Crippen molar-refractivity contribution < 1.29 is 4.74 Å². The van der Waals surface area contributed by atoms with E-state index >= 15 is 0 Å². The predicted octanol–water partition coefficient (Wildman–Crippen LogP) is 4.60. The smallest absolute Gasteiger partial charge is 0.228 e. The van der Waals surface area contributed by atoms with E-state index in [1.54, 1.807) is 0 Å². The van der Waals surface area contributed by atoms with E-state index in [4.69, 9.17) is 14.7 Å². The number of anilines is 3. The van der Waals surface area contributed by atoms with Gasteiger partial charge in [0.1, 0.15) is 5.82 Å². The van der Waals surface area contributed by atoms with Crippen LogP contribution in [0.15, 0.2) is 42.5 Å². The zero-order valence-electron chi connectivity index (χ0n) is 18.0. The number of benzene rings is 2. The molecule has 0 N–H and O–H groups in total. The third-order valence-electron chi connectivity index (χ3n) is 6.20. The molecule has 0 spiro atoms. The predicted molar refractivity (Wildman–Crippen MR) is 122 cm³/mol. The highest BCUT2D eigenvalue weighted by molar-refractivity contribution is 5.77. The fourth-order valence-electron chi connectivity index (χ4n) is 4.32. The summed E-state index contributed by atoms with van der Waals surface area (Å²) in [5, 5.41) is 0. The number of aryl methyl sites for hydroxylation is 3. The van der Waals surface area contributed by atoms with Crippen LogP contribution >= 0.6 is 0 Å². The van der Waals surface area contributed by atoms with Crippen molar-refractivity contribution in [2.75, 3.05) is 42.6 Å². The summed E-state index contributed by atoms with van der Waals surface area (Å²) >= 11 is 0. The van der Waals surface area contributed by atoms with Crippen molar-refractivity contribution in [3.8, 4) is 11.3 Å². The number of morpholine rings is 1. The highest BCUT2D eigenvalue weighted by Crippen LogP contribution is 2.39. The molecule has 0 saturated carbocycles. The molecule has 0 amide bonds. The van der Waals surface area contributed by atoms with Crippen LogP contribution in [0.5, 0.6) is 0 Å². The average molecular weight is 401 g/mol. The minimum absolute atomic E-state index is 0.723. The minimum atomic E-state index is 0.723. The molecule has 1 aromatic heterocycles. The van der Waals surface area contributed by atoms with E-state index < -0.39 is 0 Å². The second kappa shape index (κ2) is 7.73. The van der Waals surface area contributed by atoms with Crippen molar-refractivity contribution in [1.29, 1.82) is 0 Å². The Kier molecular flexibility index (Phi) is 4.91. The van der Waals surface area contributed by atoms with Gasteiger partial charge in [-0.2, -0.15) is 4.98 Å². The van der Waals surface area contributed by atoms with E-state index in [0.717, 1.165) is 56.7 Å². The summed E-state index contributed by atoms with van der Waals surface area (Å²) in [4.78, 5) is 14.8. The topological polar surface area (TPSA) is 41.5 Å². The number of aromatic nitrogens is 2. The Hall–Kier alpha value is -2.92. The molecular formula is C25H28N4O. The van der Waals surface area contributed by atoms with Gasteiger partial charge in [0, 0.05) is 36.4 Å². The fraction of sp³-hybridized carbons (Fsp3) is 0.360. The lowest BCUT2D eigenvalue weighted by Gasteiger charge is -2.28. The van der Waals surface area contributed by atoms with Gasteiger partial charge >= 0.3 is 0 Å². The van der Waals surface area contributed by atoms with Crippen LogP contribution in [0.1, 0.15) is 22.3 Å². The van der Waals surface area contributed by atoms with Crippen LogP contribution in [0.2, 0.25) is 0 Å². The van der Waals surface area contributed by atoms with Gasteiger partial charge in [0.25, 0.3) is 0 Å². The van der Waals surface area contributed by atoms with E-state index in [0.29, 0.717) is 0 Å². The Balaban J connectivity index is 1.65. The lowest BCUT2D eigenvalue weighted by molar-refractivity contribution is 0.122. The molecule has 3 aromatic rings. The standard InChI is InChI=1S/C25H28N4O/c1-17-5-4-6-20(15-17)23-22-9-10-29(21-8-7-18(2)19(3)16-21)24(22)27-25(26-23)28-11-13-30-14-12-28/h4-8,15-16H,9-14H2,1-3H3. The number of ether oxygens (including phenoxy) is 1. The maximum absolute atomic E-state index is 5.55. The van der Waals surface area contributed by atoms with Crippen LogP contribution in [-0.2, 0) is 11.2 Å². The van der Waals surface area contributed by atoms with Gasteiger partial charge in [-0.25, -0.2) is 4.98 Å². The van der Waals surface area contributed by atoms with Gasteiger partial charge < -0.3 is 14.5 Å². The van der Waals surface area contributed by atoms with Crippen molar-refractivity contribution in [2.24, 2.45) is 0 Å². The van der Waals surface area contributed by atoms with E-state index in [1.165, 1.54) is 33.5 Å². The molecule has 5 nitrogen and oxygen atoms in total. The largest absolute Gasteiger partial charge is 0.378 e. The second-order valence-electron chi connectivity index (χ2n) is 8.31. The maximum Gasteiger partial charge on any atom is 0.228 e.